The molecule has 35 heavy (non-hydrogen) atoms. The summed E-state index contributed by atoms with van der Waals surface area (Å²) < 4.78 is 72.0. The number of nitrogens with one attached hydrogen (secondary N) is 4. The van der Waals surface area contributed by atoms with Crippen molar-refractivity contribution in [2.45, 2.75) is 81.4 Å². The molecule has 3 saturated heterocycles. The van der Waals surface area contributed by atoms with Crippen molar-refractivity contribution in [1.29, 1.82) is 0 Å². The van der Waals surface area contributed by atoms with Gasteiger partial charge in [0.2, 0.25) is 0 Å². The Bertz CT molecular complexity index is 891. The van der Waals surface area contributed by atoms with Crippen LogP contribution in [0.3, 0.4) is 0 Å². The first kappa shape index (κ1) is 25.9. The van der Waals surface area contributed by atoms with Gasteiger partial charge in [-0.15, -0.1) is 0 Å². The van der Waals surface area contributed by atoms with E-state index in [-0.39, 0.29) is 37.1 Å². The third kappa shape index (κ3) is 5.65. The van der Waals surface area contributed by atoms with Crippen LogP contribution in [0.25, 0.3) is 0 Å². The van der Waals surface area contributed by atoms with Crippen LogP contribution in [-0.4, -0.2) is 63.1 Å². The Morgan fingerprint density at radius 1 is 1.20 bits per heavy atom. The summed E-state index contributed by atoms with van der Waals surface area (Å²) in [5.41, 5.74) is -3.01. The number of hydrogen-bond acceptors (Lipinski definition) is 6. The Labute approximate surface area is 201 Å². The molecule has 4 N–H and O–H groups in total. The van der Waals surface area contributed by atoms with Crippen LogP contribution in [0.5, 0.6) is 5.75 Å². The molecule has 3 aliphatic heterocycles. The van der Waals surface area contributed by atoms with Gasteiger partial charge in [0, 0.05) is 37.7 Å². The zero-order valence-corrected chi connectivity index (χ0v) is 19.7. The monoisotopic (exact) mass is 504 g/mol. The molecule has 2 amide bonds. The van der Waals surface area contributed by atoms with Crippen LogP contribution in [0.2, 0.25) is 0 Å². The molecule has 0 bridgehead atoms. The summed E-state index contributed by atoms with van der Waals surface area (Å²) in [5, 5.41) is 12.2. The van der Waals surface area contributed by atoms with E-state index >= 15 is 0 Å². The average molecular weight is 505 g/mol. The van der Waals surface area contributed by atoms with Gasteiger partial charge in [0.05, 0.1) is 12.6 Å². The fraction of sp³-hybridized carbons (Fsp3) is 0.696. The Morgan fingerprint density at radius 2 is 1.97 bits per heavy atom. The van der Waals surface area contributed by atoms with Gasteiger partial charge in [-0.05, 0) is 50.8 Å². The summed E-state index contributed by atoms with van der Waals surface area (Å²) in [6, 6.07) is 2.06. The van der Waals surface area contributed by atoms with Crippen molar-refractivity contribution in [3.8, 4) is 5.75 Å². The SMILES string of the molecule is COC1CCC(NC(=O)NC2CCC(C)NC2Oc2ccc(F)cc2C2(C(F)(F)F)CCO2)CN1. The van der Waals surface area contributed by atoms with Crippen molar-refractivity contribution in [1.82, 2.24) is 21.3 Å². The van der Waals surface area contributed by atoms with E-state index < -0.39 is 41.5 Å². The van der Waals surface area contributed by atoms with Crippen LogP contribution in [0.4, 0.5) is 22.4 Å². The van der Waals surface area contributed by atoms with Gasteiger partial charge in [0.1, 0.15) is 17.8 Å². The fourth-order valence-electron chi connectivity index (χ4n) is 4.83. The molecular formula is C23H32F4N4O4. The molecule has 3 heterocycles. The summed E-state index contributed by atoms with van der Waals surface area (Å²) in [6.07, 6.45) is -3.13. The summed E-state index contributed by atoms with van der Waals surface area (Å²) in [6.45, 7) is 2.40. The summed E-state index contributed by atoms with van der Waals surface area (Å²) in [4.78, 5) is 12.7. The van der Waals surface area contributed by atoms with Gasteiger partial charge in [0.25, 0.3) is 0 Å². The molecule has 6 atom stereocenters. The van der Waals surface area contributed by atoms with Crippen molar-refractivity contribution >= 4 is 6.03 Å². The van der Waals surface area contributed by atoms with Crippen molar-refractivity contribution in [3.63, 3.8) is 0 Å². The molecule has 3 aliphatic rings. The van der Waals surface area contributed by atoms with Crippen LogP contribution < -0.4 is 26.0 Å². The first-order valence-corrected chi connectivity index (χ1v) is 11.9. The van der Waals surface area contributed by atoms with E-state index in [0.717, 1.165) is 31.4 Å². The average Bonchev–Trinajstić information content (AvgIpc) is 2.76. The highest BCUT2D eigenvalue weighted by atomic mass is 19.4. The molecule has 6 unspecified atom stereocenters. The molecule has 4 rings (SSSR count). The molecule has 1 aromatic carbocycles. The number of carbonyl (C=O) groups excluding carboxylic acids is 1. The van der Waals surface area contributed by atoms with Gasteiger partial charge in [-0.1, -0.05) is 0 Å². The maximum atomic E-state index is 14.0. The normalized spacial score (nSPS) is 33.5. The minimum Gasteiger partial charge on any atom is -0.473 e. The van der Waals surface area contributed by atoms with Crippen LogP contribution in [-0.2, 0) is 15.1 Å². The number of benzene rings is 1. The van der Waals surface area contributed by atoms with Crippen molar-refractivity contribution in [2.75, 3.05) is 20.3 Å². The molecule has 8 nitrogen and oxygen atoms in total. The number of halogens is 4. The van der Waals surface area contributed by atoms with E-state index in [1.807, 2.05) is 6.92 Å². The largest absolute Gasteiger partial charge is 0.473 e. The zero-order chi connectivity index (χ0) is 25.2. The predicted molar refractivity (Wildman–Crippen MR) is 118 cm³/mol. The summed E-state index contributed by atoms with van der Waals surface area (Å²) in [5.74, 6) is -0.952. The zero-order valence-electron chi connectivity index (χ0n) is 19.7. The molecule has 1 aromatic rings. The lowest BCUT2D eigenvalue weighted by atomic mass is 9.85. The lowest BCUT2D eigenvalue weighted by Gasteiger charge is -2.44. The molecule has 0 aliphatic carbocycles. The number of piperidine rings is 2. The van der Waals surface area contributed by atoms with Gasteiger partial charge in [-0.2, -0.15) is 13.2 Å². The topological polar surface area (TPSA) is 92.9 Å². The number of rotatable bonds is 6. The molecule has 196 valence electrons. The Hall–Kier alpha value is -2.15. The van der Waals surface area contributed by atoms with Crippen molar-refractivity contribution in [2.24, 2.45) is 0 Å². The first-order chi connectivity index (χ1) is 16.6. The molecule has 0 saturated carbocycles. The lowest BCUT2D eigenvalue weighted by Crippen LogP contribution is -2.61. The number of alkyl halides is 3. The second-order valence-electron chi connectivity index (χ2n) is 9.38. The van der Waals surface area contributed by atoms with E-state index in [2.05, 4.69) is 21.3 Å². The molecular weight excluding hydrogens is 472 g/mol. The maximum absolute atomic E-state index is 14.0. The van der Waals surface area contributed by atoms with Crippen molar-refractivity contribution < 1.29 is 36.6 Å². The van der Waals surface area contributed by atoms with E-state index in [0.29, 0.717) is 13.0 Å². The quantitative estimate of drug-likeness (QED) is 0.446. The Kier molecular flexibility index (Phi) is 7.74. The Morgan fingerprint density at radius 3 is 2.57 bits per heavy atom. The Balaban J connectivity index is 1.47. The minimum absolute atomic E-state index is 0.00932. The van der Waals surface area contributed by atoms with Crippen LogP contribution in [0.15, 0.2) is 18.2 Å². The number of methoxy groups -OCH3 is 1. The lowest BCUT2D eigenvalue weighted by molar-refractivity contribution is -0.334. The number of urea groups is 1. The van der Waals surface area contributed by atoms with E-state index in [9.17, 15) is 22.4 Å². The number of hydrogen-bond donors (Lipinski definition) is 4. The fourth-order valence-corrected chi connectivity index (χ4v) is 4.83. The number of amides is 2. The summed E-state index contributed by atoms with van der Waals surface area (Å²) >= 11 is 0. The first-order valence-electron chi connectivity index (χ1n) is 11.9. The molecule has 12 heteroatoms. The third-order valence-corrected chi connectivity index (χ3v) is 6.92. The van der Waals surface area contributed by atoms with E-state index in [4.69, 9.17) is 14.2 Å². The van der Waals surface area contributed by atoms with Crippen LogP contribution in [0.1, 0.15) is 44.6 Å². The molecule has 0 spiro atoms. The second-order valence-corrected chi connectivity index (χ2v) is 9.38. The van der Waals surface area contributed by atoms with Gasteiger partial charge >= 0.3 is 12.2 Å². The highest BCUT2D eigenvalue weighted by Gasteiger charge is 2.62. The van der Waals surface area contributed by atoms with Gasteiger partial charge in [-0.25, -0.2) is 9.18 Å². The van der Waals surface area contributed by atoms with Gasteiger partial charge in [0.15, 0.2) is 11.8 Å². The van der Waals surface area contributed by atoms with Gasteiger partial charge in [-0.3, -0.25) is 10.6 Å². The summed E-state index contributed by atoms with van der Waals surface area (Å²) in [7, 11) is 1.62. The van der Waals surface area contributed by atoms with Crippen molar-refractivity contribution in [3.05, 3.63) is 29.6 Å². The molecule has 3 fully saturated rings. The highest BCUT2D eigenvalue weighted by molar-refractivity contribution is 5.74. The predicted octanol–water partition coefficient (Wildman–Crippen LogP) is 2.87. The van der Waals surface area contributed by atoms with E-state index in [1.54, 1.807) is 7.11 Å². The standard InChI is InChI=1S/C23H32F4N4O4/c1-13-3-6-17(31-21(32)30-15-5-8-19(33-2)28-12-15)20(29-13)35-18-7-4-14(24)11-16(18)22(9-10-34-22)23(25,26)27/h4,7,11,13,15,17,19-20,28-29H,3,5-6,8-10,12H2,1-2H3,(H2,30,31,32). The number of ether oxygens (including phenoxy) is 3. The minimum atomic E-state index is -4.74. The maximum Gasteiger partial charge on any atom is 0.421 e. The molecule has 0 radical (unpaired) electrons. The third-order valence-electron chi connectivity index (χ3n) is 6.92. The number of carbonyl (C=O) groups is 1. The van der Waals surface area contributed by atoms with Crippen LogP contribution >= 0.6 is 0 Å². The smallest absolute Gasteiger partial charge is 0.421 e. The highest BCUT2D eigenvalue weighted by Crippen LogP contribution is 2.53. The van der Waals surface area contributed by atoms with Crippen LogP contribution in [0, 0.1) is 5.82 Å². The molecule has 0 aromatic heterocycles. The van der Waals surface area contributed by atoms with Gasteiger partial charge < -0.3 is 24.8 Å². The van der Waals surface area contributed by atoms with E-state index in [1.165, 1.54) is 6.07 Å². The second kappa shape index (κ2) is 10.5.